The van der Waals surface area contributed by atoms with Gasteiger partial charge in [-0.25, -0.2) is 0 Å². The summed E-state index contributed by atoms with van der Waals surface area (Å²) in [6.07, 6.45) is 4.02. The molecule has 0 fully saturated rings. The Morgan fingerprint density at radius 2 is 1.85 bits per heavy atom. The number of nitrogens with two attached hydrogens (primary N) is 1. The van der Waals surface area contributed by atoms with E-state index < -0.39 is 0 Å². The number of hydrogen-bond donors (Lipinski definition) is 1. The molecule has 0 aromatic carbocycles. The van der Waals surface area contributed by atoms with Crippen molar-refractivity contribution in [3.63, 3.8) is 0 Å². The van der Waals surface area contributed by atoms with Crippen LogP contribution in [0.15, 0.2) is 0 Å². The zero-order valence-corrected chi connectivity index (χ0v) is 10.4. The Hall–Kier alpha value is 0.310. The third kappa shape index (κ3) is 7.39. The Balaban J connectivity index is 3.32. The van der Waals surface area contributed by atoms with Crippen LogP contribution in [0.25, 0.3) is 0 Å². The lowest BCUT2D eigenvalue weighted by Crippen LogP contribution is -2.37. The third-order valence-electron chi connectivity index (χ3n) is 2.30. The van der Waals surface area contributed by atoms with Gasteiger partial charge in [-0.1, -0.05) is 40.5 Å². The van der Waals surface area contributed by atoms with Crippen LogP contribution in [0.5, 0.6) is 0 Å². The molecule has 0 rings (SSSR count). The molecule has 0 aliphatic heterocycles. The fourth-order valence-corrected chi connectivity index (χ4v) is 2.24. The molecule has 80 valence electrons. The number of thioether (sulfide) groups is 1. The highest BCUT2D eigenvalue weighted by Crippen LogP contribution is 2.21. The first-order valence-corrected chi connectivity index (χ1v) is 6.47. The van der Waals surface area contributed by atoms with Crippen LogP contribution in [0.1, 0.15) is 47.0 Å². The lowest BCUT2D eigenvalue weighted by molar-refractivity contribution is 0.344. The smallest absolute Gasteiger partial charge is 0.0179 e. The SMILES string of the molecule is CCCCCSCC(N)C(C)(C)C. The van der Waals surface area contributed by atoms with Crippen molar-refractivity contribution < 1.29 is 0 Å². The van der Waals surface area contributed by atoms with E-state index in [4.69, 9.17) is 5.73 Å². The molecule has 1 nitrogen and oxygen atoms in total. The van der Waals surface area contributed by atoms with Gasteiger partial charge in [-0.15, -0.1) is 0 Å². The molecule has 0 aliphatic carbocycles. The average Bonchev–Trinajstić information content (AvgIpc) is 2.02. The zero-order chi connectivity index (χ0) is 10.3. The molecular weight excluding hydrogens is 178 g/mol. The molecule has 0 saturated heterocycles. The summed E-state index contributed by atoms with van der Waals surface area (Å²) < 4.78 is 0. The van der Waals surface area contributed by atoms with E-state index >= 15 is 0 Å². The Morgan fingerprint density at radius 3 is 2.31 bits per heavy atom. The second kappa shape index (κ2) is 6.72. The van der Waals surface area contributed by atoms with Crippen molar-refractivity contribution in [2.24, 2.45) is 11.1 Å². The van der Waals surface area contributed by atoms with E-state index in [2.05, 4.69) is 27.7 Å². The lowest BCUT2D eigenvalue weighted by atomic mass is 9.89. The standard InChI is InChI=1S/C11H25NS/c1-5-6-7-8-13-9-10(12)11(2,3)4/h10H,5-9,12H2,1-4H3. The summed E-state index contributed by atoms with van der Waals surface area (Å²) in [4.78, 5) is 0. The van der Waals surface area contributed by atoms with Crippen LogP contribution < -0.4 is 5.73 Å². The molecule has 0 aromatic rings. The van der Waals surface area contributed by atoms with Crippen molar-refractivity contribution in [2.45, 2.75) is 53.0 Å². The van der Waals surface area contributed by atoms with Gasteiger partial charge in [0.15, 0.2) is 0 Å². The molecular formula is C11H25NS. The third-order valence-corrected chi connectivity index (χ3v) is 3.47. The Bertz CT molecular complexity index is 118. The molecule has 0 aromatic heterocycles. The molecule has 0 amide bonds. The summed E-state index contributed by atoms with van der Waals surface area (Å²) in [5.74, 6) is 2.38. The first-order valence-electron chi connectivity index (χ1n) is 5.31. The fraction of sp³-hybridized carbons (Fsp3) is 1.00. The van der Waals surface area contributed by atoms with Gasteiger partial charge < -0.3 is 5.73 Å². The van der Waals surface area contributed by atoms with Crippen molar-refractivity contribution >= 4 is 11.8 Å². The maximum absolute atomic E-state index is 6.04. The van der Waals surface area contributed by atoms with Crippen molar-refractivity contribution in [3.05, 3.63) is 0 Å². The molecule has 1 atom stereocenters. The van der Waals surface area contributed by atoms with Crippen molar-refractivity contribution in [1.82, 2.24) is 0 Å². The molecule has 2 heteroatoms. The van der Waals surface area contributed by atoms with Crippen LogP contribution in [0, 0.1) is 5.41 Å². The quantitative estimate of drug-likeness (QED) is 0.670. The van der Waals surface area contributed by atoms with Gasteiger partial charge in [-0.05, 0) is 17.6 Å². The highest BCUT2D eigenvalue weighted by molar-refractivity contribution is 7.99. The maximum Gasteiger partial charge on any atom is 0.0179 e. The van der Waals surface area contributed by atoms with Gasteiger partial charge in [0, 0.05) is 11.8 Å². The topological polar surface area (TPSA) is 26.0 Å². The van der Waals surface area contributed by atoms with Crippen molar-refractivity contribution in [1.29, 1.82) is 0 Å². The average molecular weight is 203 g/mol. The minimum atomic E-state index is 0.262. The predicted molar refractivity (Wildman–Crippen MR) is 64.3 cm³/mol. The molecule has 2 N–H and O–H groups in total. The summed E-state index contributed by atoms with van der Waals surface area (Å²) in [5.41, 5.74) is 6.31. The van der Waals surface area contributed by atoms with E-state index in [1.165, 1.54) is 25.0 Å². The highest BCUT2D eigenvalue weighted by atomic mass is 32.2. The Morgan fingerprint density at radius 1 is 1.23 bits per heavy atom. The van der Waals surface area contributed by atoms with E-state index in [9.17, 15) is 0 Å². The maximum atomic E-state index is 6.04. The van der Waals surface area contributed by atoms with Crippen LogP contribution in [-0.4, -0.2) is 17.5 Å². The monoisotopic (exact) mass is 203 g/mol. The molecule has 0 radical (unpaired) electrons. The fourth-order valence-electron chi connectivity index (χ4n) is 0.914. The van der Waals surface area contributed by atoms with Gasteiger partial charge in [0.1, 0.15) is 0 Å². The Labute approximate surface area is 87.9 Å². The van der Waals surface area contributed by atoms with E-state index in [0.717, 1.165) is 5.75 Å². The first kappa shape index (κ1) is 13.3. The normalized spacial score (nSPS) is 14.5. The second-order valence-electron chi connectivity index (χ2n) is 4.75. The van der Waals surface area contributed by atoms with Gasteiger partial charge in [0.05, 0.1) is 0 Å². The molecule has 1 unspecified atom stereocenters. The van der Waals surface area contributed by atoms with Gasteiger partial charge in [-0.3, -0.25) is 0 Å². The molecule has 0 heterocycles. The number of rotatable bonds is 6. The summed E-state index contributed by atoms with van der Waals surface area (Å²) in [6, 6.07) is 0.333. The van der Waals surface area contributed by atoms with Crippen molar-refractivity contribution in [2.75, 3.05) is 11.5 Å². The van der Waals surface area contributed by atoms with Gasteiger partial charge in [-0.2, -0.15) is 11.8 Å². The Kier molecular flexibility index (Phi) is 6.88. The minimum Gasteiger partial charge on any atom is -0.326 e. The highest BCUT2D eigenvalue weighted by Gasteiger charge is 2.19. The van der Waals surface area contributed by atoms with E-state index in [-0.39, 0.29) is 5.41 Å². The summed E-state index contributed by atoms with van der Waals surface area (Å²) in [5, 5.41) is 0. The lowest BCUT2D eigenvalue weighted by Gasteiger charge is -2.26. The van der Waals surface area contributed by atoms with Crippen molar-refractivity contribution in [3.8, 4) is 0 Å². The minimum absolute atomic E-state index is 0.262. The summed E-state index contributed by atoms with van der Waals surface area (Å²) in [7, 11) is 0. The van der Waals surface area contributed by atoms with Crippen LogP contribution in [0.2, 0.25) is 0 Å². The largest absolute Gasteiger partial charge is 0.326 e. The van der Waals surface area contributed by atoms with Gasteiger partial charge >= 0.3 is 0 Å². The van der Waals surface area contributed by atoms with Crippen LogP contribution in [-0.2, 0) is 0 Å². The number of unbranched alkanes of at least 4 members (excludes halogenated alkanes) is 2. The molecule has 0 bridgehead atoms. The van der Waals surface area contributed by atoms with Crippen LogP contribution in [0.3, 0.4) is 0 Å². The molecule has 13 heavy (non-hydrogen) atoms. The molecule has 0 saturated carbocycles. The van der Waals surface area contributed by atoms with Gasteiger partial charge in [0.25, 0.3) is 0 Å². The van der Waals surface area contributed by atoms with Crippen LogP contribution >= 0.6 is 11.8 Å². The van der Waals surface area contributed by atoms with E-state index in [1.54, 1.807) is 0 Å². The summed E-state index contributed by atoms with van der Waals surface area (Å²) >= 11 is 2.00. The van der Waals surface area contributed by atoms with Crippen LogP contribution in [0.4, 0.5) is 0 Å². The van der Waals surface area contributed by atoms with E-state index in [1.807, 2.05) is 11.8 Å². The zero-order valence-electron chi connectivity index (χ0n) is 9.60. The number of hydrogen-bond acceptors (Lipinski definition) is 2. The van der Waals surface area contributed by atoms with Gasteiger partial charge in [0.2, 0.25) is 0 Å². The first-order chi connectivity index (χ1) is 5.98. The summed E-state index contributed by atoms with van der Waals surface area (Å²) in [6.45, 7) is 8.88. The van der Waals surface area contributed by atoms with E-state index in [0.29, 0.717) is 6.04 Å². The molecule has 0 aliphatic rings. The molecule has 0 spiro atoms. The second-order valence-corrected chi connectivity index (χ2v) is 5.90. The predicted octanol–water partition coefficient (Wildman–Crippen LogP) is 3.28.